The maximum Gasteiger partial charge on any atom is 0.258 e. The van der Waals surface area contributed by atoms with Gasteiger partial charge in [-0.1, -0.05) is 23.4 Å². The van der Waals surface area contributed by atoms with Gasteiger partial charge >= 0.3 is 0 Å². The summed E-state index contributed by atoms with van der Waals surface area (Å²) in [6.07, 6.45) is 0.561. The molecule has 0 spiro atoms. The normalized spacial score (nSPS) is 10.1. The van der Waals surface area contributed by atoms with Crippen LogP contribution in [0.4, 0.5) is 0 Å². The number of nitrogens with zero attached hydrogens (tertiary/aromatic N) is 2. The quantitative estimate of drug-likeness (QED) is 0.675. The molecule has 2 rings (SSSR count). The third kappa shape index (κ3) is 1.42. The van der Waals surface area contributed by atoms with Gasteiger partial charge in [0, 0.05) is 5.56 Å². The van der Waals surface area contributed by atoms with Crippen LogP contribution < -0.4 is 0 Å². The Labute approximate surface area is 80.6 Å². The Bertz CT molecular complexity index is 463. The minimum absolute atomic E-state index is 0.0725. The molecule has 0 saturated carbocycles. The van der Waals surface area contributed by atoms with Crippen LogP contribution in [0, 0.1) is 6.92 Å². The third-order valence-corrected chi connectivity index (χ3v) is 1.92. The van der Waals surface area contributed by atoms with Crippen LogP contribution in [0.25, 0.3) is 11.5 Å². The van der Waals surface area contributed by atoms with Gasteiger partial charge in [0.05, 0.1) is 0 Å². The molecule has 0 aliphatic carbocycles. The van der Waals surface area contributed by atoms with Crippen LogP contribution in [-0.4, -0.2) is 16.4 Å². The zero-order valence-electron chi connectivity index (χ0n) is 7.60. The van der Waals surface area contributed by atoms with Crippen molar-refractivity contribution in [1.82, 2.24) is 10.1 Å². The van der Waals surface area contributed by atoms with Gasteiger partial charge in [-0.25, -0.2) is 0 Å². The van der Waals surface area contributed by atoms with Crippen molar-refractivity contribution in [3.63, 3.8) is 0 Å². The minimum atomic E-state index is 0.0725. The van der Waals surface area contributed by atoms with E-state index in [-0.39, 0.29) is 5.82 Å². The van der Waals surface area contributed by atoms with Gasteiger partial charge in [0.2, 0.25) is 5.82 Å². The predicted octanol–water partition coefficient (Wildman–Crippen LogP) is 1.86. The smallest absolute Gasteiger partial charge is 0.258 e. The fourth-order valence-electron chi connectivity index (χ4n) is 1.20. The summed E-state index contributed by atoms with van der Waals surface area (Å²) in [6, 6.07) is 7.63. The number of aldehydes is 1. The molecule has 0 bridgehead atoms. The van der Waals surface area contributed by atoms with E-state index >= 15 is 0 Å². The Hall–Kier alpha value is -1.97. The van der Waals surface area contributed by atoms with Crippen molar-refractivity contribution in [1.29, 1.82) is 0 Å². The molecular formula is C10H8N2O2. The van der Waals surface area contributed by atoms with Crippen LogP contribution in [-0.2, 0) is 0 Å². The summed E-state index contributed by atoms with van der Waals surface area (Å²) in [6.45, 7) is 1.94. The Morgan fingerprint density at radius 1 is 1.36 bits per heavy atom. The van der Waals surface area contributed by atoms with Gasteiger partial charge in [-0.05, 0) is 18.6 Å². The zero-order chi connectivity index (χ0) is 9.97. The summed E-state index contributed by atoms with van der Waals surface area (Å²) in [5.74, 6) is 0.452. The molecular weight excluding hydrogens is 180 g/mol. The number of benzene rings is 1. The number of carbonyl (C=O) groups excluding carboxylic acids is 1. The molecule has 0 saturated heterocycles. The largest absolute Gasteiger partial charge is 0.334 e. The van der Waals surface area contributed by atoms with E-state index in [1.165, 1.54) is 0 Å². The van der Waals surface area contributed by atoms with Crippen molar-refractivity contribution < 1.29 is 9.32 Å². The maximum absolute atomic E-state index is 10.4. The molecule has 0 N–H and O–H groups in total. The van der Waals surface area contributed by atoms with Crippen molar-refractivity contribution in [2.45, 2.75) is 6.92 Å². The molecule has 70 valence electrons. The minimum Gasteiger partial charge on any atom is -0.334 e. The first-order valence-electron chi connectivity index (χ1n) is 4.16. The molecule has 0 atom stereocenters. The molecule has 2 aromatic rings. The molecule has 0 aliphatic rings. The highest BCUT2D eigenvalue weighted by atomic mass is 16.5. The van der Waals surface area contributed by atoms with Gasteiger partial charge in [0.1, 0.15) is 0 Å². The molecule has 4 heteroatoms. The molecule has 0 fully saturated rings. The van der Waals surface area contributed by atoms with Crippen LogP contribution in [0.1, 0.15) is 16.2 Å². The lowest BCUT2D eigenvalue weighted by Gasteiger charge is -1.97. The number of hydrogen-bond donors (Lipinski definition) is 0. The van der Waals surface area contributed by atoms with Crippen LogP contribution in [0.3, 0.4) is 0 Å². The number of rotatable bonds is 2. The van der Waals surface area contributed by atoms with Crippen LogP contribution in [0.5, 0.6) is 0 Å². The Balaban J connectivity index is 2.49. The lowest BCUT2D eigenvalue weighted by Crippen LogP contribution is -1.84. The second-order valence-corrected chi connectivity index (χ2v) is 2.89. The van der Waals surface area contributed by atoms with E-state index in [0.717, 1.165) is 11.1 Å². The molecule has 1 aromatic heterocycles. The van der Waals surface area contributed by atoms with Gasteiger partial charge in [-0.3, -0.25) is 4.79 Å². The van der Waals surface area contributed by atoms with E-state index in [9.17, 15) is 4.79 Å². The van der Waals surface area contributed by atoms with E-state index in [0.29, 0.717) is 12.2 Å². The van der Waals surface area contributed by atoms with Gasteiger partial charge in [-0.15, -0.1) is 0 Å². The number of hydrogen-bond acceptors (Lipinski definition) is 4. The number of aryl methyl sites for hydroxylation is 1. The first-order chi connectivity index (χ1) is 6.81. The summed E-state index contributed by atoms with van der Waals surface area (Å²) in [7, 11) is 0. The standard InChI is InChI=1S/C10H8N2O2/c1-7-4-2-3-5-8(7)10-11-9(6-13)12-14-10/h2-6H,1H3. The summed E-state index contributed by atoms with van der Waals surface area (Å²) in [5.41, 5.74) is 1.89. The average Bonchev–Trinajstić information content (AvgIpc) is 2.67. The second-order valence-electron chi connectivity index (χ2n) is 2.89. The van der Waals surface area contributed by atoms with E-state index < -0.39 is 0 Å². The van der Waals surface area contributed by atoms with Crippen LogP contribution in [0.15, 0.2) is 28.8 Å². The van der Waals surface area contributed by atoms with Crippen molar-refractivity contribution >= 4 is 6.29 Å². The summed E-state index contributed by atoms with van der Waals surface area (Å²) in [4.78, 5) is 14.3. The first kappa shape index (κ1) is 8.62. The van der Waals surface area contributed by atoms with Crippen molar-refractivity contribution in [3.8, 4) is 11.5 Å². The lowest BCUT2D eigenvalue weighted by atomic mass is 10.1. The van der Waals surface area contributed by atoms with Gasteiger partial charge in [0.25, 0.3) is 5.89 Å². The number of aromatic nitrogens is 2. The summed E-state index contributed by atoms with van der Waals surface area (Å²) >= 11 is 0. The highest BCUT2D eigenvalue weighted by Crippen LogP contribution is 2.20. The Kier molecular flexibility index (Phi) is 2.10. The van der Waals surface area contributed by atoms with Crippen LogP contribution >= 0.6 is 0 Å². The molecule has 0 aliphatic heterocycles. The summed E-state index contributed by atoms with van der Waals surface area (Å²) in [5, 5.41) is 3.50. The fourth-order valence-corrected chi connectivity index (χ4v) is 1.20. The van der Waals surface area contributed by atoms with Gasteiger partial charge in [0.15, 0.2) is 6.29 Å². The first-order valence-corrected chi connectivity index (χ1v) is 4.16. The second kappa shape index (κ2) is 3.41. The van der Waals surface area contributed by atoms with Crippen molar-refractivity contribution in [3.05, 3.63) is 35.7 Å². The molecule has 1 aromatic carbocycles. The van der Waals surface area contributed by atoms with Gasteiger partial charge in [-0.2, -0.15) is 4.98 Å². The monoisotopic (exact) mass is 188 g/mol. The predicted molar refractivity (Wildman–Crippen MR) is 49.9 cm³/mol. The fraction of sp³-hybridized carbons (Fsp3) is 0.100. The van der Waals surface area contributed by atoms with Crippen molar-refractivity contribution in [2.75, 3.05) is 0 Å². The molecule has 4 nitrogen and oxygen atoms in total. The van der Waals surface area contributed by atoms with Crippen molar-refractivity contribution in [2.24, 2.45) is 0 Å². The third-order valence-electron chi connectivity index (χ3n) is 1.92. The molecule has 0 unspecified atom stereocenters. The lowest BCUT2D eigenvalue weighted by molar-refractivity contribution is 0.111. The highest BCUT2D eigenvalue weighted by molar-refractivity contribution is 5.70. The van der Waals surface area contributed by atoms with Crippen LogP contribution in [0.2, 0.25) is 0 Å². The van der Waals surface area contributed by atoms with Gasteiger partial charge < -0.3 is 4.52 Å². The average molecular weight is 188 g/mol. The van der Waals surface area contributed by atoms with E-state index in [1.807, 2.05) is 31.2 Å². The highest BCUT2D eigenvalue weighted by Gasteiger charge is 2.09. The number of carbonyl (C=O) groups is 1. The topological polar surface area (TPSA) is 56.0 Å². The Morgan fingerprint density at radius 3 is 2.79 bits per heavy atom. The SMILES string of the molecule is Cc1ccccc1-c1nc(C=O)no1. The zero-order valence-corrected chi connectivity index (χ0v) is 7.60. The van der Waals surface area contributed by atoms with E-state index in [2.05, 4.69) is 10.1 Å². The molecule has 14 heavy (non-hydrogen) atoms. The molecule has 0 radical (unpaired) electrons. The Morgan fingerprint density at radius 2 is 2.14 bits per heavy atom. The maximum atomic E-state index is 10.4. The van der Waals surface area contributed by atoms with E-state index in [4.69, 9.17) is 4.52 Å². The molecule has 1 heterocycles. The van der Waals surface area contributed by atoms with E-state index in [1.54, 1.807) is 0 Å². The summed E-state index contributed by atoms with van der Waals surface area (Å²) < 4.78 is 4.93. The molecule has 0 amide bonds.